The van der Waals surface area contributed by atoms with Crippen molar-refractivity contribution in [3.8, 4) is 17.0 Å². The van der Waals surface area contributed by atoms with Crippen LogP contribution < -0.4 is 15.4 Å². The molecule has 2 fully saturated rings. The number of carbonyl (C=O) groups excluding carboxylic acids is 2. The normalized spacial score (nSPS) is 22.2. The van der Waals surface area contributed by atoms with Gasteiger partial charge in [-0.3, -0.25) is 9.59 Å². The lowest BCUT2D eigenvalue weighted by atomic mass is 9.82. The number of nitrogens with one attached hydrogen (secondary N) is 3. The number of carbonyl (C=O) groups is 2. The van der Waals surface area contributed by atoms with Crippen LogP contribution in [-0.4, -0.2) is 56.7 Å². The molecular weight excluding hydrogens is 482 g/mol. The number of hydrogen-bond acceptors (Lipinski definition) is 6. The van der Waals surface area contributed by atoms with Gasteiger partial charge in [0.25, 0.3) is 5.91 Å². The van der Waals surface area contributed by atoms with Gasteiger partial charge >= 0.3 is 0 Å². The second-order valence-corrected chi connectivity index (χ2v) is 11.1. The molecule has 0 radical (unpaired) electrons. The summed E-state index contributed by atoms with van der Waals surface area (Å²) in [5, 5.41) is 15.6. The summed E-state index contributed by atoms with van der Waals surface area (Å²) in [5.41, 5.74) is 5.26. The first-order chi connectivity index (χ1) is 18.2. The molecule has 9 heteroatoms. The monoisotopic (exact) mass is 519 g/mol. The third-order valence-electron chi connectivity index (χ3n) is 7.77. The molecule has 38 heavy (non-hydrogen) atoms. The van der Waals surface area contributed by atoms with E-state index in [0.29, 0.717) is 23.6 Å². The van der Waals surface area contributed by atoms with Crippen molar-refractivity contribution in [2.75, 3.05) is 6.61 Å². The van der Waals surface area contributed by atoms with Crippen LogP contribution in [0, 0.1) is 25.7 Å². The summed E-state index contributed by atoms with van der Waals surface area (Å²) in [6, 6.07) is 6.07. The van der Waals surface area contributed by atoms with E-state index in [4.69, 9.17) is 4.74 Å². The van der Waals surface area contributed by atoms with Crippen molar-refractivity contribution in [2.24, 2.45) is 11.8 Å². The molecular formula is C29H37N5O4. The van der Waals surface area contributed by atoms with Gasteiger partial charge in [0.05, 0.1) is 17.7 Å². The van der Waals surface area contributed by atoms with Crippen LogP contribution in [0.3, 0.4) is 0 Å². The molecule has 0 unspecified atom stereocenters. The molecule has 2 saturated carbocycles. The number of aliphatic hydroxyl groups excluding tert-OH is 1. The number of aromatic amines is 1. The number of H-pyrrole nitrogens is 1. The minimum atomic E-state index is -1.03. The van der Waals surface area contributed by atoms with Crippen LogP contribution in [0.25, 0.3) is 22.3 Å². The van der Waals surface area contributed by atoms with Crippen molar-refractivity contribution in [3.05, 3.63) is 41.3 Å². The Labute approximate surface area is 222 Å². The summed E-state index contributed by atoms with van der Waals surface area (Å²) in [5.74, 6) is 1.06. The van der Waals surface area contributed by atoms with Crippen LogP contribution in [0.2, 0.25) is 0 Å². The largest absolute Gasteiger partial charge is 0.493 e. The summed E-state index contributed by atoms with van der Waals surface area (Å²) >= 11 is 0. The summed E-state index contributed by atoms with van der Waals surface area (Å²) < 4.78 is 6.17. The van der Waals surface area contributed by atoms with Crippen LogP contribution in [0.1, 0.15) is 67.6 Å². The maximum absolute atomic E-state index is 13.5. The molecule has 0 bridgehead atoms. The third kappa shape index (κ3) is 5.53. The number of nitrogens with zero attached hydrogens (tertiary/aromatic N) is 2. The molecule has 5 rings (SSSR count). The number of amides is 2. The Morgan fingerprint density at radius 2 is 1.95 bits per heavy atom. The van der Waals surface area contributed by atoms with Crippen LogP contribution in [0.5, 0.6) is 5.75 Å². The standard InChI is InChI=1S/C29H37N5O4/c1-15-5-10-23(38-13-19-6-7-19)21(11-15)25-27-26(31-14-30-25)24(17(3)32-27)29(37)33-20-8-9-22(16(2)12-20)34-28(36)18(4)35/h5,10-11,14,16,18-20,22,32,35H,6-9,12-13H2,1-4H3,(H,33,37)(H,34,36)/t16-,18+,20-,22-/m1/s1. The van der Waals surface area contributed by atoms with E-state index in [9.17, 15) is 14.7 Å². The van der Waals surface area contributed by atoms with Crippen LogP contribution in [0.15, 0.2) is 24.5 Å². The minimum Gasteiger partial charge on any atom is -0.493 e. The summed E-state index contributed by atoms with van der Waals surface area (Å²) in [6.45, 7) is 8.14. The van der Waals surface area contributed by atoms with Gasteiger partial charge in [-0.25, -0.2) is 9.97 Å². The second-order valence-electron chi connectivity index (χ2n) is 11.1. The Bertz CT molecular complexity index is 1350. The minimum absolute atomic E-state index is 0.0120. The third-order valence-corrected chi connectivity index (χ3v) is 7.77. The zero-order valence-corrected chi connectivity index (χ0v) is 22.5. The topological polar surface area (TPSA) is 129 Å². The maximum Gasteiger partial charge on any atom is 0.255 e. The number of hydrogen-bond donors (Lipinski definition) is 4. The highest BCUT2D eigenvalue weighted by Crippen LogP contribution is 2.37. The van der Waals surface area contributed by atoms with Gasteiger partial charge < -0.3 is 25.5 Å². The number of ether oxygens (including phenoxy) is 1. The van der Waals surface area contributed by atoms with Gasteiger partial charge in [0.15, 0.2) is 0 Å². The number of aromatic nitrogens is 3. The zero-order valence-electron chi connectivity index (χ0n) is 22.5. The molecule has 4 N–H and O–H groups in total. The molecule has 2 amide bonds. The van der Waals surface area contributed by atoms with Crippen molar-refractivity contribution in [1.82, 2.24) is 25.6 Å². The molecule has 0 aliphatic heterocycles. The fraction of sp³-hybridized carbons (Fsp3) is 0.517. The first-order valence-corrected chi connectivity index (χ1v) is 13.6. The average Bonchev–Trinajstić information content (AvgIpc) is 3.64. The highest BCUT2D eigenvalue weighted by molar-refractivity contribution is 6.09. The van der Waals surface area contributed by atoms with E-state index >= 15 is 0 Å². The first-order valence-electron chi connectivity index (χ1n) is 13.6. The zero-order chi connectivity index (χ0) is 27.0. The Morgan fingerprint density at radius 3 is 2.66 bits per heavy atom. The van der Waals surface area contributed by atoms with Crippen molar-refractivity contribution in [2.45, 2.75) is 78.0 Å². The Morgan fingerprint density at radius 1 is 1.16 bits per heavy atom. The van der Waals surface area contributed by atoms with E-state index in [0.717, 1.165) is 53.0 Å². The molecule has 2 aliphatic rings. The van der Waals surface area contributed by atoms with Crippen molar-refractivity contribution in [1.29, 1.82) is 0 Å². The first kappa shape index (κ1) is 26.2. The lowest BCUT2D eigenvalue weighted by molar-refractivity contribution is -0.129. The van der Waals surface area contributed by atoms with E-state index in [2.05, 4.69) is 38.6 Å². The number of fused-ring (bicyclic) bond motifs is 1. The lowest BCUT2D eigenvalue weighted by Crippen LogP contribution is -2.49. The van der Waals surface area contributed by atoms with Crippen LogP contribution in [-0.2, 0) is 4.79 Å². The van der Waals surface area contributed by atoms with Crippen molar-refractivity contribution >= 4 is 22.8 Å². The Kier molecular flexibility index (Phi) is 7.38. The van der Waals surface area contributed by atoms with Gasteiger partial charge in [0.2, 0.25) is 5.91 Å². The number of aliphatic hydroxyl groups is 1. The lowest BCUT2D eigenvalue weighted by Gasteiger charge is -2.35. The molecule has 1 aromatic carbocycles. The second kappa shape index (κ2) is 10.7. The fourth-order valence-electron chi connectivity index (χ4n) is 5.35. The van der Waals surface area contributed by atoms with Crippen LogP contribution in [0.4, 0.5) is 0 Å². The van der Waals surface area contributed by atoms with Gasteiger partial charge in [-0.1, -0.05) is 18.6 Å². The quantitative estimate of drug-likeness (QED) is 0.358. The SMILES string of the molecule is Cc1ccc(OCC2CC2)c(-c2ncnc3c(C(=O)N[C@@H]4CC[C@@H](NC(=O)[C@H](C)O)[C@H](C)C4)c(C)[nH]c23)c1. The van der Waals surface area contributed by atoms with Gasteiger partial charge in [0, 0.05) is 23.3 Å². The van der Waals surface area contributed by atoms with E-state index in [-0.39, 0.29) is 29.8 Å². The number of aryl methyl sites for hydroxylation is 2. The Balaban J connectivity index is 1.36. The predicted octanol–water partition coefficient (Wildman–Crippen LogP) is 3.81. The summed E-state index contributed by atoms with van der Waals surface area (Å²) in [7, 11) is 0. The number of benzene rings is 1. The highest BCUT2D eigenvalue weighted by Gasteiger charge is 2.31. The van der Waals surface area contributed by atoms with Crippen molar-refractivity contribution < 1.29 is 19.4 Å². The Hall–Kier alpha value is -3.46. The van der Waals surface area contributed by atoms with E-state index in [1.165, 1.54) is 26.1 Å². The van der Waals surface area contributed by atoms with E-state index < -0.39 is 6.10 Å². The number of rotatable bonds is 8. The molecule has 2 aliphatic carbocycles. The maximum atomic E-state index is 13.5. The molecule has 202 valence electrons. The molecule has 2 aromatic heterocycles. The predicted molar refractivity (Wildman–Crippen MR) is 145 cm³/mol. The van der Waals surface area contributed by atoms with Gasteiger partial charge in [-0.05, 0) is 76.8 Å². The summed E-state index contributed by atoms with van der Waals surface area (Å²) in [6.07, 6.45) is 5.12. The van der Waals surface area contributed by atoms with E-state index in [1.807, 2.05) is 26.0 Å². The van der Waals surface area contributed by atoms with Gasteiger partial charge in [-0.15, -0.1) is 0 Å². The van der Waals surface area contributed by atoms with E-state index in [1.54, 1.807) is 0 Å². The fourth-order valence-corrected chi connectivity index (χ4v) is 5.35. The molecule has 0 saturated heterocycles. The highest BCUT2D eigenvalue weighted by atomic mass is 16.5. The van der Waals surface area contributed by atoms with Crippen molar-refractivity contribution in [3.63, 3.8) is 0 Å². The molecule has 9 nitrogen and oxygen atoms in total. The molecule has 3 aromatic rings. The molecule has 0 spiro atoms. The molecule has 2 heterocycles. The van der Waals surface area contributed by atoms with Gasteiger partial charge in [0.1, 0.15) is 29.4 Å². The van der Waals surface area contributed by atoms with Crippen LogP contribution >= 0.6 is 0 Å². The smallest absolute Gasteiger partial charge is 0.255 e. The molecule has 4 atom stereocenters. The summed E-state index contributed by atoms with van der Waals surface area (Å²) in [4.78, 5) is 37.9. The van der Waals surface area contributed by atoms with Gasteiger partial charge in [-0.2, -0.15) is 0 Å². The average molecular weight is 520 g/mol.